The van der Waals surface area contributed by atoms with Gasteiger partial charge in [-0.25, -0.2) is 0 Å². The highest BCUT2D eigenvalue weighted by Gasteiger charge is 2.36. The van der Waals surface area contributed by atoms with E-state index in [9.17, 15) is 19.2 Å². The van der Waals surface area contributed by atoms with Crippen molar-refractivity contribution in [3.8, 4) is 5.75 Å². The van der Waals surface area contributed by atoms with Crippen LogP contribution in [0.25, 0.3) is 6.08 Å². The fourth-order valence-corrected chi connectivity index (χ4v) is 3.93. The molecule has 0 radical (unpaired) electrons. The highest BCUT2D eigenvalue weighted by molar-refractivity contribution is 8.18. The number of nitrogens with zero attached hydrogens (tertiary/aromatic N) is 1. The van der Waals surface area contributed by atoms with Crippen LogP contribution in [0.4, 0.5) is 10.5 Å². The molecule has 9 heteroatoms. The van der Waals surface area contributed by atoms with Crippen LogP contribution in [0.1, 0.15) is 30.9 Å². The van der Waals surface area contributed by atoms with E-state index in [-0.39, 0.29) is 23.3 Å². The summed E-state index contributed by atoms with van der Waals surface area (Å²) in [5, 5.41) is 2.34. The molecule has 0 aromatic heterocycles. The number of carbonyl (C=O) groups is 4. The summed E-state index contributed by atoms with van der Waals surface area (Å²) >= 11 is 0.758. The molecule has 1 aliphatic rings. The van der Waals surface area contributed by atoms with Crippen molar-refractivity contribution < 1.29 is 28.7 Å². The van der Waals surface area contributed by atoms with E-state index < -0.39 is 23.7 Å². The number of imide groups is 1. The van der Waals surface area contributed by atoms with E-state index in [2.05, 4.69) is 23.9 Å². The van der Waals surface area contributed by atoms with Crippen LogP contribution in [-0.2, 0) is 19.1 Å². The van der Waals surface area contributed by atoms with Gasteiger partial charge in [0, 0.05) is 5.69 Å². The Bertz CT molecular complexity index is 1090. The predicted octanol–water partition coefficient (Wildman–Crippen LogP) is 4.04. The van der Waals surface area contributed by atoms with Crippen molar-refractivity contribution in [3.05, 3.63) is 64.6 Å². The van der Waals surface area contributed by atoms with Crippen molar-refractivity contribution in [2.24, 2.45) is 0 Å². The van der Waals surface area contributed by atoms with Crippen molar-refractivity contribution in [1.82, 2.24) is 4.90 Å². The minimum atomic E-state index is -0.670. The number of nitrogens with one attached hydrogen (secondary N) is 1. The first kappa shape index (κ1) is 24.1. The lowest BCUT2D eigenvalue weighted by Gasteiger charge is -2.14. The van der Waals surface area contributed by atoms with Gasteiger partial charge in [0.05, 0.1) is 12.0 Å². The quantitative estimate of drug-likeness (QED) is 0.461. The minimum Gasteiger partial charge on any atom is -0.484 e. The van der Waals surface area contributed by atoms with Gasteiger partial charge in [-0.15, -0.1) is 0 Å². The lowest BCUT2D eigenvalue weighted by molar-refractivity contribution is -0.143. The van der Waals surface area contributed by atoms with Crippen LogP contribution in [0.15, 0.2) is 53.4 Å². The first-order valence-corrected chi connectivity index (χ1v) is 11.0. The number of rotatable bonds is 8. The summed E-state index contributed by atoms with van der Waals surface area (Å²) in [5.74, 6) is -0.729. The Balaban J connectivity index is 1.58. The predicted molar refractivity (Wildman–Crippen MR) is 126 cm³/mol. The number of benzene rings is 2. The molecule has 3 rings (SSSR count). The van der Waals surface area contributed by atoms with E-state index in [0.717, 1.165) is 27.9 Å². The summed E-state index contributed by atoms with van der Waals surface area (Å²) in [6.07, 6.45) is 1.56. The number of methoxy groups -OCH3 is 1. The summed E-state index contributed by atoms with van der Waals surface area (Å²) < 4.78 is 10.1. The largest absolute Gasteiger partial charge is 0.484 e. The van der Waals surface area contributed by atoms with Crippen LogP contribution in [0.2, 0.25) is 0 Å². The molecule has 172 valence electrons. The highest BCUT2D eigenvalue weighted by Crippen LogP contribution is 2.32. The number of para-hydroxylation sites is 1. The van der Waals surface area contributed by atoms with Gasteiger partial charge < -0.3 is 14.8 Å². The van der Waals surface area contributed by atoms with E-state index in [1.165, 1.54) is 7.11 Å². The molecule has 0 unspecified atom stereocenters. The van der Waals surface area contributed by atoms with Crippen LogP contribution in [0.5, 0.6) is 5.75 Å². The molecule has 0 aliphatic carbocycles. The number of thioether (sulfide) groups is 1. The van der Waals surface area contributed by atoms with Gasteiger partial charge in [0.15, 0.2) is 6.61 Å². The zero-order valence-electron chi connectivity index (χ0n) is 18.5. The summed E-state index contributed by atoms with van der Waals surface area (Å²) in [7, 11) is 1.19. The van der Waals surface area contributed by atoms with Gasteiger partial charge in [-0.2, -0.15) is 0 Å². The second kappa shape index (κ2) is 10.8. The third kappa shape index (κ3) is 6.23. The number of amides is 3. The van der Waals surface area contributed by atoms with Gasteiger partial charge in [0.1, 0.15) is 12.3 Å². The Morgan fingerprint density at radius 2 is 1.79 bits per heavy atom. The molecular formula is C24H24N2O6S. The zero-order chi connectivity index (χ0) is 24.0. The lowest BCUT2D eigenvalue weighted by Crippen LogP contribution is -2.34. The van der Waals surface area contributed by atoms with Gasteiger partial charge in [0.2, 0.25) is 0 Å². The van der Waals surface area contributed by atoms with Crippen molar-refractivity contribution in [1.29, 1.82) is 0 Å². The first-order chi connectivity index (χ1) is 15.8. The van der Waals surface area contributed by atoms with Crippen LogP contribution in [-0.4, -0.2) is 48.2 Å². The summed E-state index contributed by atoms with van der Waals surface area (Å²) in [5.41, 5.74) is 2.48. The summed E-state index contributed by atoms with van der Waals surface area (Å²) in [6.45, 7) is 3.54. The standard InChI is InChI=1S/C24H24N2O6S/c1-15(2)18-6-4-5-7-19(18)25-21(27)14-32-17-10-8-16(9-11-17)12-20-23(29)26(24(30)33-20)13-22(28)31-3/h4-12,15H,13-14H2,1-3H3,(H,25,27)/b20-12+. The molecule has 0 saturated carbocycles. The zero-order valence-corrected chi connectivity index (χ0v) is 19.3. The van der Waals surface area contributed by atoms with Gasteiger partial charge in [-0.3, -0.25) is 24.1 Å². The van der Waals surface area contributed by atoms with Crippen LogP contribution >= 0.6 is 11.8 Å². The lowest BCUT2D eigenvalue weighted by atomic mass is 10.0. The molecule has 1 heterocycles. The second-order valence-electron chi connectivity index (χ2n) is 7.49. The monoisotopic (exact) mass is 468 g/mol. The fourth-order valence-electron chi connectivity index (χ4n) is 3.09. The molecule has 1 N–H and O–H groups in total. The summed E-state index contributed by atoms with van der Waals surface area (Å²) in [4.78, 5) is 49.1. The van der Waals surface area contributed by atoms with Gasteiger partial charge >= 0.3 is 5.97 Å². The number of hydrogen-bond acceptors (Lipinski definition) is 7. The molecule has 0 atom stereocenters. The van der Waals surface area contributed by atoms with Gasteiger partial charge in [0.25, 0.3) is 17.1 Å². The van der Waals surface area contributed by atoms with E-state index in [1.807, 2.05) is 24.3 Å². The summed E-state index contributed by atoms with van der Waals surface area (Å²) in [6, 6.07) is 14.4. The van der Waals surface area contributed by atoms with Crippen LogP contribution in [0, 0.1) is 0 Å². The Labute approximate surface area is 195 Å². The van der Waals surface area contributed by atoms with Crippen molar-refractivity contribution >= 4 is 46.5 Å². The van der Waals surface area contributed by atoms with Gasteiger partial charge in [-0.1, -0.05) is 44.2 Å². The first-order valence-electron chi connectivity index (χ1n) is 10.2. The maximum atomic E-state index is 12.4. The maximum absolute atomic E-state index is 12.4. The molecular weight excluding hydrogens is 444 g/mol. The topological polar surface area (TPSA) is 102 Å². The van der Waals surface area contributed by atoms with E-state index >= 15 is 0 Å². The molecule has 33 heavy (non-hydrogen) atoms. The molecule has 2 aromatic rings. The SMILES string of the molecule is COC(=O)CN1C(=O)S/C(=C/c2ccc(OCC(=O)Nc3ccccc3C(C)C)cc2)C1=O. The smallest absolute Gasteiger partial charge is 0.325 e. The average molecular weight is 469 g/mol. The molecule has 8 nitrogen and oxygen atoms in total. The molecule has 3 amide bonds. The number of ether oxygens (including phenoxy) is 2. The van der Waals surface area contributed by atoms with Crippen molar-refractivity contribution in [2.45, 2.75) is 19.8 Å². The maximum Gasteiger partial charge on any atom is 0.325 e. The molecule has 1 fully saturated rings. The molecule has 1 aliphatic heterocycles. The Morgan fingerprint density at radius 1 is 1.09 bits per heavy atom. The molecule has 0 bridgehead atoms. The van der Waals surface area contributed by atoms with E-state index in [0.29, 0.717) is 11.3 Å². The number of hydrogen-bond donors (Lipinski definition) is 1. The molecule has 1 saturated heterocycles. The molecule has 2 aromatic carbocycles. The number of esters is 1. The Morgan fingerprint density at radius 3 is 2.45 bits per heavy atom. The fraction of sp³-hybridized carbons (Fsp3) is 0.250. The number of carbonyl (C=O) groups excluding carboxylic acids is 4. The van der Waals surface area contributed by atoms with Crippen LogP contribution < -0.4 is 10.1 Å². The third-order valence-electron chi connectivity index (χ3n) is 4.79. The third-order valence-corrected chi connectivity index (χ3v) is 5.70. The van der Waals surface area contributed by atoms with E-state index in [4.69, 9.17) is 4.74 Å². The minimum absolute atomic E-state index is 0.155. The van der Waals surface area contributed by atoms with Gasteiger partial charge in [-0.05, 0) is 53.1 Å². The normalized spacial score (nSPS) is 14.7. The second-order valence-corrected chi connectivity index (χ2v) is 8.49. The molecule has 0 spiro atoms. The average Bonchev–Trinajstić information content (AvgIpc) is 3.06. The van der Waals surface area contributed by atoms with Crippen molar-refractivity contribution in [2.75, 3.05) is 25.6 Å². The van der Waals surface area contributed by atoms with E-state index in [1.54, 1.807) is 30.3 Å². The van der Waals surface area contributed by atoms with Crippen LogP contribution in [0.3, 0.4) is 0 Å². The Hall–Kier alpha value is -3.59. The van der Waals surface area contributed by atoms with Crippen molar-refractivity contribution in [3.63, 3.8) is 0 Å². The highest BCUT2D eigenvalue weighted by atomic mass is 32.2. The number of anilines is 1. The Kier molecular flexibility index (Phi) is 7.89.